The Morgan fingerprint density at radius 3 is 2.30 bits per heavy atom. The lowest BCUT2D eigenvalue weighted by molar-refractivity contribution is 0.148. The van der Waals surface area contributed by atoms with Crippen molar-refractivity contribution in [2.45, 2.75) is 32.2 Å². The Morgan fingerprint density at radius 2 is 1.80 bits per heavy atom. The predicted molar refractivity (Wildman–Crippen MR) is 78.9 cm³/mol. The van der Waals surface area contributed by atoms with Gasteiger partial charge in [0.1, 0.15) is 0 Å². The summed E-state index contributed by atoms with van der Waals surface area (Å²) in [7, 11) is -6.00. The smallest absolute Gasteiger partial charge is 0.214 e. The van der Waals surface area contributed by atoms with Crippen LogP contribution >= 0.6 is 0 Å². The summed E-state index contributed by atoms with van der Waals surface area (Å²) in [4.78, 5) is 2.14. The zero-order valence-corrected chi connectivity index (χ0v) is 13.6. The molecule has 2 aliphatic rings. The number of sulfonamides is 1. The van der Waals surface area contributed by atoms with Crippen LogP contribution in [0.5, 0.6) is 0 Å². The van der Waals surface area contributed by atoms with Gasteiger partial charge in [-0.25, -0.2) is 16.8 Å². The molecular weight excluding hydrogens is 300 g/mol. The van der Waals surface area contributed by atoms with Crippen LogP contribution in [0, 0.1) is 0 Å². The molecule has 2 aliphatic heterocycles. The van der Waals surface area contributed by atoms with Gasteiger partial charge in [-0.3, -0.25) is 4.90 Å². The fraction of sp³-hybridized carbons (Fsp3) is 1.00. The topological polar surface area (TPSA) is 74.8 Å². The van der Waals surface area contributed by atoms with E-state index < -0.39 is 19.9 Å². The molecule has 0 aromatic heterocycles. The van der Waals surface area contributed by atoms with Crippen LogP contribution in [0.25, 0.3) is 0 Å². The van der Waals surface area contributed by atoms with E-state index >= 15 is 0 Å². The van der Waals surface area contributed by atoms with Crippen LogP contribution in [0.2, 0.25) is 0 Å². The minimum absolute atomic E-state index is 0.0838. The van der Waals surface area contributed by atoms with Crippen molar-refractivity contribution in [3.63, 3.8) is 0 Å². The second-order valence-corrected chi connectivity index (χ2v) is 9.98. The first-order valence-corrected chi connectivity index (χ1v) is 10.7. The summed E-state index contributed by atoms with van der Waals surface area (Å²) in [5.74, 6) is 0.726. The van der Waals surface area contributed by atoms with Crippen LogP contribution in [0.1, 0.15) is 26.2 Å². The molecule has 1 atom stereocenters. The lowest BCUT2D eigenvalue weighted by atomic mass is 10.2. The Morgan fingerprint density at radius 1 is 1.15 bits per heavy atom. The molecule has 2 saturated heterocycles. The molecule has 0 N–H and O–H groups in total. The number of piperazine rings is 1. The van der Waals surface area contributed by atoms with E-state index in [1.807, 2.05) is 6.92 Å². The van der Waals surface area contributed by atoms with Crippen molar-refractivity contribution < 1.29 is 16.8 Å². The Bertz CT molecular complexity index is 522. The third-order valence-electron chi connectivity index (χ3n) is 4.15. The molecule has 0 aromatic rings. The average molecular weight is 324 g/mol. The quantitative estimate of drug-likeness (QED) is 0.707. The van der Waals surface area contributed by atoms with Gasteiger partial charge in [0.05, 0.1) is 17.3 Å². The molecule has 0 amide bonds. The standard InChI is InChI=1S/C12H24N2O4S2/c1-2-3-9-20(17,18)14-7-5-13(6-8-14)12-4-10-19(15,16)11-12/h12H,2-11H2,1H3. The monoisotopic (exact) mass is 324 g/mol. The normalized spacial score (nSPS) is 28.8. The minimum Gasteiger partial charge on any atom is -0.297 e. The molecule has 20 heavy (non-hydrogen) atoms. The third-order valence-corrected chi connectivity index (χ3v) is 7.85. The van der Waals surface area contributed by atoms with Gasteiger partial charge in [0.25, 0.3) is 0 Å². The molecule has 0 radical (unpaired) electrons. The van der Waals surface area contributed by atoms with Crippen LogP contribution in [0.15, 0.2) is 0 Å². The number of rotatable bonds is 5. The fourth-order valence-electron chi connectivity index (χ4n) is 2.87. The van der Waals surface area contributed by atoms with E-state index in [-0.39, 0.29) is 23.3 Å². The van der Waals surface area contributed by atoms with Gasteiger partial charge < -0.3 is 0 Å². The Hall–Kier alpha value is -0.180. The van der Waals surface area contributed by atoms with Gasteiger partial charge in [0, 0.05) is 32.2 Å². The van der Waals surface area contributed by atoms with E-state index in [9.17, 15) is 16.8 Å². The van der Waals surface area contributed by atoms with Crippen molar-refractivity contribution in [1.82, 2.24) is 9.21 Å². The van der Waals surface area contributed by atoms with Gasteiger partial charge >= 0.3 is 0 Å². The van der Waals surface area contributed by atoms with Crippen LogP contribution < -0.4 is 0 Å². The average Bonchev–Trinajstić information content (AvgIpc) is 2.77. The first-order chi connectivity index (χ1) is 9.34. The highest BCUT2D eigenvalue weighted by Crippen LogP contribution is 2.20. The van der Waals surface area contributed by atoms with Gasteiger partial charge in [0.15, 0.2) is 9.84 Å². The van der Waals surface area contributed by atoms with Gasteiger partial charge in [0.2, 0.25) is 10.0 Å². The number of nitrogens with zero attached hydrogens (tertiary/aromatic N) is 2. The van der Waals surface area contributed by atoms with Gasteiger partial charge in [-0.2, -0.15) is 4.31 Å². The summed E-state index contributed by atoms with van der Waals surface area (Å²) in [5.41, 5.74) is 0. The maximum Gasteiger partial charge on any atom is 0.214 e. The maximum absolute atomic E-state index is 12.1. The summed E-state index contributed by atoms with van der Waals surface area (Å²) in [5, 5.41) is 0. The predicted octanol–water partition coefficient (Wildman–Crippen LogP) is -0.0790. The van der Waals surface area contributed by atoms with Crippen molar-refractivity contribution in [2.75, 3.05) is 43.4 Å². The van der Waals surface area contributed by atoms with E-state index in [2.05, 4.69) is 4.90 Å². The van der Waals surface area contributed by atoms with E-state index in [1.54, 1.807) is 4.31 Å². The van der Waals surface area contributed by atoms with Crippen molar-refractivity contribution in [3.8, 4) is 0 Å². The summed E-state index contributed by atoms with van der Waals surface area (Å²) in [6, 6.07) is 0.0838. The minimum atomic E-state index is -3.13. The van der Waals surface area contributed by atoms with Gasteiger partial charge in [-0.1, -0.05) is 13.3 Å². The number of hydrogen-bond donors (Lipinski definition) is 0. The van der Waals surface area contributed by atoms with Crippen LogP contribution in [0.4, 0.5) is 0 Å². The molecule has 2 rings (SSSR count). The highest BCUT2D eigenvalue weighted by molar-refractivity contribution is 7.91. The molecule has 6 nitrogen and oxygen atoms in total. The first-order valence-electron chi connectivity index (χ1n) is 7.26. The SMILES string of the molecule is CCCCS(=O)(=O)N1CCN(C2CCS(=O)(=O)C2)CC1. The van der Waals surface area contributed by atoms with Crippen molar-refractivity contribution in [2.24, 2.45) is 0 Å². The molecule has 1 unspecified atom stereocenters. The summed E-state index contributed by atoms with van der Waals surface area (Å²) >= 11 is 0. The molecule has 2 fully saturated rings. The summed E-state index contributed by atoms with van der Waals surface area (Å²) < 4.78 is 48.7. The first kappa shape index (κ1) is 16.2. The number of hydrogen-bond acceptors (Lipinski definition) is 5. The molecule has 0 saturated carbocycles. The molecule has 118 valence electrons. The molecule has 2 heterocycles. The maximum atomic E-state index is 12.1. The Labute approximate surface area is 122 Å². The zero-order chi connectivity index (χ0) is 14.8. The van der Waals surface area contributed by atoms with E-state index in [4.69, 9.17) is 0 Å². The largest absolute Gasteiger partial charge is 0.297 e. The lowest BCUT2D eigenvalue weighted by Crippen LogP contribution is -2.52. The van der Waals surface area contributed by atoms with Crippen LogP contribution in [-0.2, 0) is 19.9 Å². The van der Waals surface area contributed by atoms with E-state index in [0.717, 1.165) is 6.42 Å². The van der Waals surface area contributed by atoms with Gasteiger partial charge in [-0.15, -0.1) is 0 Å². The second-order valence-electron chi connectivity index (χ2n) is 5.66. The van der Waals surface area contributed by atoms with Crippen molar-refractivity contribution >= 4 is 19.9 Å². The highest BCUT2D eigenvalue weighted by Gasteiger charge is 2.35. The van der Waals surface area contributed by atoms with Crippen molar-refractivity contribution in [3.05, 3.63) is 0 Å². The van der Waals surface area contributed by atoms with E-state index in [0.29, 0.717) is 39.0 Å². The molecule has 0 spiro atoms. The fourth-order valence-corrected chi connectivity index (χ4v) is 6.26. The molecule has 8 heteroatoms. The number of unbranched alkanes of at least 4 members (excludes halogenated alkanes) is 1. The number of sulfone groups is 1. The molecule has 0 aliphatic carbocycles. The Kier molecular flexibility index (Phi) is 5.09. The third kappa shape index (κ3) is 3.93. The summed E-state index contributed by atoms with van der Waals surface area (Å²) in [6.45, 7) is 4.25. The van der Waals surface area contributed by atoms with Crippen molar-refractivity contribution in [1.29, 1.82) is 0 Å². The van der Waals surface area contributed by atoms with Crippen LogP contribution in [-0.4, -0.2) is 75.5 Å². The molecular formula is C12H24N2O4S2. The second kappa shape index (κ2) is 6.29. The van der Waals surface area contributed by atoms with Crippen LogP contribution in [0.3, 0.4) is 0 Å². The zero-order valence-electron chi connectivity index (χ0n) is 12.0. The van der Waals surface area contributed by atoms with Gasteiger partial charge in [-0.05, 0) is 12.8 Å². The summed E-state index contributed by atoms with van der Waals surface area (Å²) in [6.07, 6.45) is 2.26. The van der Waals surface area contributed by atoms with E-state index in [1.165, 1.54) is 0 Å². The Balaban J connectivity index is 1.87. The lowest BCUT2D eigenvalue weighted by Gasteiger charge is -2.36. The molecule has 0 bridgehead atoms. The molecule has 0 aromatic carbocycles. The highest BCUT2D eigenvalue weighted by atomic mass is 32.2.